The summed E-state index contributed by atoms with van der Waals surface area (Å²) < 4.78 is 21.6. The molecule has 1 fully saturated rings. The number of nitrogens with zero attached hydrogens (tertiary/aromatic N) is 1. The molecular weight excluding hydrogens is 388 g/mol. The lowest BCUT2D eigenvalue weighted by Gasteiger charge is -2.32. The highest BCUT2D eigenvalue weighted by molar-refractivity contribution is 5.90. The van der Waals surface area contributed by atoms with Crippen molar-refractivity contribution >= 4 is 18.0 Å². The van der Waals surface area contributed by atoms with Gasteiger partial charge in [0.2, 0.25) is 5.75 Å². The second-order valence-corrected chi connectivity index (χ2v) is 7.40. The number of hydrogen-bond donors (Lipinski definition) is 1. The van der Waals surface area contributed by atoms with Crippen molar-refractivity contribution in [2.45, 2.75) is 50.7 Å². The number of fused-ring (bicyclic) bond motifs is 1. The van der Waals surface area contributed by atoms with E-state index in [1.54, 1.807) is 18.2 Å². The molecule has 1 atom stereocenters. The number of ether oxygens (including phenoxy) is 4. The number of carbonyl (C=O) groups excluding carboxylic acids is 2. The summed E-state index contributed by atoms with van der Waals surface area (Å²) in [6.07, 6.45) is 5.83. The van der Waals surface area contributed by atoms with Crippen LogP contribution in [0.2, 0.25) is 0 Å². The average Bonchev–Trinajstić information content (AvgIpc) is 2.77. The van der Waals surface area contributed by atoms with E-state index in [2.05, 4.69) is 11.4 Å². The first kappa shape index (κ1) is 21.5. The van der Waals surface area contributed by atoms with Gasteiger partial charge in [0, 0.05) is 6.08 Å². The van der Waals surface area contributed by atoms with Crippen molar-refractivity contribution in [1.82, 2.24) is 5.32 Å². The molecule has 1 aliphatic carbocycles. The Morgan fingerprint density at radius 1 is 1.23 bits per heavy atom. The Kier molecular flexibility index (Phi) is 6.83. The molecule has 1 amide bonds. The molecule has 0 saturated heterocycles. The number of benzene rings is 1. The quantitative estimate of drug-likeness (QED) is 0.563. The van der Waals surface area contributed by atoms with Crippen molar-refractivity contribution in [2.24, 2.45) is 0 Å². The summed E-state index contributed by atoms with van der Waals surface area (Å²) in [5.74, 6) is 0.433. The van der Waals surface area contributed by atoms with E-state index in [-0.39, 0.29) is 0 Å². The maximum atomic E-state index is 12.4. The maximum absolute atomic E-state index is 12.4. The third-order valence-electron chi connectivity index (χ3n) is 5.21. The zero-order chi connectivity index (χ0) is 21.6. The third-order valence-corrected chi connectivity index (χ3v) is 5.21. The molecule has 0 bridgehead atoms. The number of nitriles is 1. The molecule has 1 aromatic rings. The summed E-state index contributed by atoms with van der Waals surface area (Å²) in [6.45, 7) is 2.36. The number of methoxy groups -OCH3 is 1. The summed E-state index contributed by atoms with van der Waals surface area (Å²) in [6, 6.07) is 5.67. The van der Waals surface area contributed by atoms with Crippen molar-refractivity contribution < 1.29 is 28.5 Å². The Labute approximate surface area is 175 Å². The predicted octanol–water partition coefficient (Wildman–Crippen LogP) is 2.75. The molecule has 1 aromatic carbocycles. The molecule has 1 saturated carbocycles. The van der Waals surface area contributed by atoms with Crippen molar-refractivity contribution in [3.8, 4) is 23.3 Å². The number of esters is 1. The molecule has 160 valence electrons. The highest BCUT2D eigenvalue weighted by Crippen LogP contribution is 2.40. The second kappa shape index (κ2) is 9.53. The SMILES string of the molecule is COc1cc(/C=C/C(=O)O[C@@H](C)C(=O)NC2(C#N)CCCCC2)cc2c1OCCO2. The molecule has 0 aromatic heterocycles. The first-order chi connectivity index (χ1) is 14.5. The lowest BCUT2D eigenvalue weighted by atomic mass is 9.83. The first-order valence-corrected chi connectivity index (χ1v) is 10.1. The van der Waals surface area contributed by atoms with Gasteiger partial charge in [-0.1, -0.05) is 19.3 Å². The van der Waals surface area contributed by atoms with Crippen molar-refractivity contribution in [3.63, 3.8) is 0 Å². The molecule has 1 heterocycles. The van der Waals surface area contributed by atoms with Crippen molar-refractivity contribution in [2.75, 3.05) is 20.3 Å². The van der Waals surface area contributed by atoms with Crippen LogP contribution >= 0.6 is 0 Å². The minimum absolute atomic E-state index is 0.433. The van der Waals surface area contributed by atoms with Gasteiger partial charge in [-0.2, -0.15) is 5.26 Å². The molecule has 3 rings (SSSR count). The van der Waals surface area contributed by atoms with Gasteiger partial charge in [-0.15, -0.1) is 0 Å². The Morgan fingerprint density at radius 2 is 1.97 bits per heavy atom. The van der Waals surface area contributed by atoms with Crippen LogP contribution in [0.4, 0.5) is 0 Å². The zero-order valence-electron chi connectivity index (χ0n) is 17.2. The number of hydrogen-bond acceptors (Lipinski definition) is 7. The van der Waals surface area contributed by atoms with Crippen LogP contribution in [0.25, 0.3) is 6.08 Å². The Morgan fingerprint density at radius 3 is 2.67 bits per heavy atom. The zero-order valence-corrected chi connectivity index (χ0v) is 17.2. The van der Waals surface area contributed by atoms with Gasteiger partial charge in [-0.25, -0.2) is 4.79 Å². The van der Waals surface area contributed by atoms with Crippen LogP contribution < -0.4 is 19.5 Å². The van der Waals surface area contributed by atoms with Crippen molar-refractivity contribution in [3.05, 3.63) is 23.8 Å². The van der Waals surface area contributed by atoms with E-state index in [0.717, 1.165) is 19.3 Å². The van der Waals surface area contributed by atoms with Gasteiger partial charge in [0.25, 0.3) is 5.91 Å². The molecule has 2 aliphatic rings. The van der Waals surface area contributed by atoms with E-state index in [1.807, 2.05) is 0 Å². The summed E-state index contributed by atoms with van der Waals surface area (Å²) in [7, 11) is 1.52. The normalized spacial score (nSPS) is 18.2. The minimum atomic E-state index is -1.01. The lowest BCUT2D eigenvalue weighted by Crippen LogP contribution is -2.52. The van der Waals surface area contributed by atoms with Crippen LogP contribution in [-0.2, 0) is 14.3 Å². The largest absolute Gasteiger partial charge is 0.493 e. The van der Waals surface area contributed by atoms with Gasteiger partial charge in [-0.3, -0.25) is 4.79 Å². The van der Waals surface area contributed by atoms with Crippen LogP contribution in [0.5, 0.6) is 17.2 Å². The maximum Gasteiger partial charge on any atom is 0.331 e. The van der Waals surface area contributed by atoms with Gasteiger partial charge < -0.3 is 24.3 Å². The summed E-state index contributed by atoms with van der Waals surface area (Å²) >= 11 is 0. The van der Waals surface area contributed by atoms with Crippen molar-refractivity contribution in [1.29, 1.82) is 5.26 Å². The van der Waals surface area contributed by atoms with Crippen LogP contribution in [0.15, 0.2) is 18.2 Å². The molecule has 8 heteroatoms. The predicted molar refractivity (Wildman–Crippen MR) is 108 cm³/mol. The first-order valence-electron chi connectivity index (χ1n) is 10.1. The van der Waals surface area contributed by atoms with Gasteiger partial charge in [0.05, 0.1) is 13.2 Å². The molecule has 1 aliphatic heterocycles. The molecule has 8 nitrogen and oxygen atoms in total. The number of amides is 1. The third kappa shape index (κ3) is 5.03. The summed E-state index contributed by atoms with van der Waals surface area (Å²) in [4.78, 5) is 24.6. The minimum Gasteiger partial charge on any atom is -0.493 e. The van der Waals surface area contributed by atoms with Crippen LogP contribution in [0.3, 0.4) is 0 Å². The Balaban J connectivity index is 1.60. The van der Waals surface area contributed by atoms with E-state index in [0.29, 0.717) is 48.9 Å². The van der Waals surface area contributed by atoms with E-state index in [1.165, 1.54) is 20.1 Å². The summed E-state index contributed by atoms with van der Waals surface area (Å²) in [5, 5.41) is 12.2. The molecule has 30 heavy (non-hydrogen) atoms. The van der Waals surface area contributed by atoms with E-state index >= 15 is 0 Å². The van der Waals surface area contributed by atoms with Gasteiger partial charge >= 0.3 is 5.97 Å². The van der Waals surface area contributed by atoms with Gasteiger partial charge in [-0.05, 0) is 43.5 Å². The van der Waals surface area contributed by atoms with E-state index in [4.69, 9.17) is 18.9 Å². The Bertz CT molecular complexity index is 850. The fourth-order valence-electron chi connectivity index (χ4n) is 3.58. The number of nitrogens with one attached hydrogen (secondary N) is 1. The van der Waals surface area contributed by atoms with Crippen LogP contribution in [0, 0.1) is 11.3 Å². The molecule has 1 N–H and O–H groups in total. The van der Waals surface area contributed by atoms with Gasteiger partial charge in [0.1, 0.15) is 18.8 Å². The molecule has 0 radical (unpaired) electrons. The molecule has 0 spiro atoms. The number of carbonyl (C=O) groups is 2. The van der Waals surface area contributed by atoms with Crippen LogP contribution in [-0.4, -0.2) is 43.8 Å². The van der Waals surface area contributed by atoms with Crippen LogP contribution in [0.1, 0.15) is 44.6 Å². The fourth-order valence-corrected chi connectivity index (χ4v) is 3.58. The monoisotopic (exact) mass is 414 g/mol. The second-order valence-electron chi connectivity index (χ2n) is 7.40. The highest BCUT2D eigenvalue weighted by Gasteiger charge is 2.35. The van der Waals surface area contributed by atoms with E-state index < -0.39 is 23.5 Å². The fraction of sp³-hybridized carbons (Fsp3) is 0.500. The average molecular weight is 414 g/mol. The molecule has 0 unspecified atom stereocenters. The molecular formula is C22H26N2O6. The summed E-state index contributed by atoms with van der Waals surface area (Å²) in [5.41, 5.74) is -0.205. The Hall–Kier alpha value is -3.21. The topological polar surface area (TPSA) is 107 Å². The standard InChI is InChI=1S/C22H26N2O6/c1-15(21(26)24-22(14-23)8-4-3-5-9-22)30-19(25)7-6-16-12-17(27-2)20-18(13-16)28-10-11-29-20/h6-7,12-13,15H,3-5,8-11H2,1-2H3,(H,24,26)/b7-6+/t15-/m0/s1. The smallest absolute Gasteiger partial charge is 0.331 e. The number of rotatable bonds is 6. The lowest BCUT2D eigenvalue weighted by molar-refractivity contribution is -0.150. The van der Waals surface area contributed by atoms with Gasteiger partial charge in [0.15, 0.2) is 17.6 Å². The highest BCUT2D eigenvalue weighted by atomic mass is 16.6. The van der Waals surface area contributed by atoms with E-state index in [9.17, 15) is 14.9 Å².